The number of carbonyl (C=O) groups is 1. The Labute approximate surface area is 114 Å². The van der Waals surface area contributed by atoms with Crippen molar-refractivity contribution in [3.8, 4) is 5.75 Å². The monoisotopic (exact) mass is 276 g/mol. The molecule has 98 valence electrons. The van der Waals surface area contributed by atoms with Gasteiger partial charge >= 0.3 is 0 Å². The van der Waals surface area contributed by atoms with Crippen molar-refractivity contribution in [3.63, 3.8) is 0 Å². The number of hydrogen-bond donors (Lipinski definition) is 1. The summed E-state index contributed by atoms with van der Waals surface area (Å²) in [5.41, 5.74) is 3.89. The summed E-state index contributed by atoms with van der Waals surface area (Å²) in [6.45, 7) is 1.73. The summed E-state index contributed by atoms with van der Waals surface area (Å²) >= 11 is 1.05. The maximum atomic E-state index is 11.7. The average molecular weight is 276 g/mol. The molecule has 19 heavy (non-hydrogen) atoms. The summed E-state index contributed by atoms with van der Waals surface area (Å²) in [6.07, 6.45) is 1.56. The molecule has 0 spiro atoms. The number of hydrazone groups is 1. The number of ether oxygens (including phenoxy) is 1. The summed E-state index contributed by atoms with van der Waals surface area (Å²) in [5, 5.41) is 7.64. The third kappa shape index (κ3) is 3.35. The first kappa shape index (κ1) is 13.2. The third-order valence-corrected chi connectivity index (χ3v) is 3.18. The molecule has 1 heterocycles. The third-order valence-electron chi connectivity index (χ3n) is 2.35. The number of amides is 1. The Morgan fingerprint density at radius 1 is 1.42 bits per heavy atom. The number of nitrogens with zero attached hydrogens (tertiary/aromatic N) is 3. The first-order chi connectivity index (χ1) is 9.20. The van der Waals surface area contributed by atoms with Crippen molar-refractivity contribution in [1.29, 1.82) is 0 Å². The summed E-state index contributed by atoms with van der Waals surface area (Å²) in [7, 11) is 1.61. The number of rotatable bonds is 4. The van der Waals surface area contributed by atoms with Crippen molar-refractivity contribution in [1.82, 2.24) is 15.0 Å². The van der Waals surface area contributed by atoms with Crippen LogP contribution in [0.1, 0.15) is 20.9 Å². The molecule has 0 bridgehead atoms. The minimum atomic E-state index is -0.308. The van der Waals surface area contributed by atoms with E-state index in [0.717, 1.165) is 22.8 Å². The highest BCUT2D eigenvalue weighted by molar-refractivity contribution is 7.07. The fourth-order valence-electron chi connectivity index (χ4n) is 1.35. The zero-order valence-electron chi connectivity index (χ0n) is 10.5. The topological polar surface area (TPSA) is 76.5 Å². The molecular weight excluding hydrogens is 264 g/mol. The van der Waals surface area contributed by atoms with Crippen LogP contribution in [-0.4, -0.2) is 28.8 Å². The van der Waals surface area contributed by atoms with Crippen LogP contribution in [0.25, 0.3) is 0 Å². The SMILES string of the molecule is COc1ccc(C=NNC(=O)c2snnc2C)cc1. The molecule has 1 amide bonds. The minimum absolute atomic E-state index is 0.308. The van der Waals surface area contributed by atoms with E-state index < -0.39 is 0 Å². The molecule has 0 atom stereocenters. The number of aryl methyl sites for hydroxylation is 1. The predicted molar refractivity (Wildman–Crippen MR) is 72.7 cm³/mol. The standard InChI is InChI=1S/C12H12N4O2S/c1-8-11(19-16-14-8)12(17)15-13-7-9-3-5-10(18-2)6-4-9/h3-7H,1-2H3,(H,15,17). The summed E-state index contributed by atoms with van der Waals surface area (Å²) < 4.78 is 8.74. The fourth-order valence-corrected chi connectivity index (χ4v) is 1.89. The molecule has 1 N–H and O–H groups in total. The smallest absolute Gasteiger partial charge is 0.285 e. The number of aromatic nitrogens is 2. The van der Waals surface area contributed by atoms with Gasteiger partial charge in [-0.15, -0.1) is 5.10 Å². The summed E-state index contributed by atoms with van der Waals surface area (Å²) in [5.74, 6) is 0.463. The van der Waals surface area contributed by atoms with Gasteiger partial charge in [0.25, 0.3) is 5.91 Å². The highest BCUT2D eigenvalue weighted by Crippen LogP contribution is 2.10. The Morgan fingerprint density at radius 2 is 2.16 bits per heavy atom. The summed E-state index contributed by atoms with van der Waals surface area (Å²) in [4.78, 5) is 12.2. The van der Waals surface area contributed by atoms with E-state index in [9.17, 15) is 4.79 Å². The largest absolute Gasteiger partial charge is 0.497 e. The molecule has 1 aromatic heterocycles. The van der Waals surface area contributed by atoms with Crippen LogP contribution in [-0.2, 0) is 0 Å². The molecule has 1 aromatic carbocycles. The van der Waals surface area contributed by atoms with E-state index in [0.29, 0.717) is 10.6 Å². The molecule has 2 aromatic rings. The van der Waals surface area contributed by atoms with Crippen molar-refractivity contribution in [3.05, 3.63) is 40.4 Å². The molecule has 0 saturated heterocycles. The second-order valence-electron chi connectivity index (χ2n) is 3.66. The van der Waals surface area contributed by atoms with Crippen LogP contribution in [0.2, 0.25) is 0 Å². The Balaban J connectivity index is 1.96. The molecule has 6 nitrogen and oxygen atoms in total. The van der Waals surface area contributed by atoms with Gasteiger partial charge in [-0.05, 0) is 48.3 Å². The highest BCUT2D eigenvalue weighted by Gasteiger charge is 2.11. The minimum Gasteiger partial charge on any atom is -0.497 e. The normalized spacial score (nSPS) is 10.6. The second kappa shape index (κ2) is 6.05. The molecule has 0 fully saturated rings. The molecule has 0 unspecified atom stereocenters. The molecule has 7 heteroatoms. The van der Waals surface area contributed by atoms with Crippen LogP contribution in [0.4, 0.5) is 0 Å². The van der Waals surface area contributed by atoms with E-state index in [1.807, 2.05) is 24.3 Å². The van der Waals surface area contributed by atoms with Crippen LogP contribution >= 0.6 is 11.5 Å². The van der Waals surface area contributed by atoms with Crippen LogP contribution in [0.5, 0.6) is 5.75 Å². The van der Waals surface area contributed by atoms with Crippen LogP contribution in [0, 0.1) is 6.92 Å². The lowest BCUT2D eigenvalue weighted by Gasteiger charge is -1.99. The van der Waals surface area contributed by atoms with Crippen LogP contribution in [0.15, 0.2) is 29.4 Å². The molecule has 0 aliphatic carbocycles. The lowest BCUT2D eigenvalue weighted by Crippen LogP contribution is -2.17. The molecule has 2 rings (SSSR count). The van der Waals surface area contributed by atoms with E-state index in [1.165, 1.54) is 0 Å². The van der Waals surface area contributed by atoms with Crippen LogP contribution < -0.4 is 10.2 Å². The van der Waals surface area contributed by atoms with Gasteiger partial charge in [0.1, 0.15) is 10.6 Å². The first-order valence-electron chi connectivity index (χ1n) is 5.47. The lowest BCUT2D eigenvalue weighted by molar-refractivity contribution is 0.0958. The van der Waals surface area contributed by atoms with Gasteiger partial charge in [0.15, 0.2) is 0 Å². The van der Waals surface area contributed by atoms with E-state index in [2.05, 4.69) is 20.1 Å². The van der Waals surface area contributed by atoms with Gasteiger partial charge < -0.3 is 4.74 Å². The van der Waals surface area contributed by atoms with Crippen LogP contribution in [0.3, 0.4) is 0 Å². The number of hydrogen-bond acceptors (Lipinski definition) is 6. The van der Waals surface area contributed by atoms with E-state index in [-0.39, 0.29) is 5.91 Å². The lowest BCUT2D eigenvalue weighted by atomic mass is 10.2. The van der Waals surface area contributed by atoms with Gasteiger partial charge in [-0.3, -0.25) is 4.79 Å². The van der Waals surface area contributed by atoms with E-state index >= 15 is 0 Å². The summed E-state index contributed by atoms with van der Waals surface area (Å²) in [6, 6.07) is 7.32. The quantitative estimate of drug-likeness (QED) is 0.680. The van der Waals surface area contributed by atoms with Gasteiger partial charge in [-0.1, -0.05) is 4.49 Å². The average Bonchev–Trinajstić information content (AvgIpc) is 2.86. The van der Waals surface area contributed by atoms with Gasteiger partial charge in [-0.2, -0.15) is 5.10 Å². The zero-order valence-corrected chi connectivity index (χ0v) is 11.3. The maximum Gasteiger partial charge on any atom is 0.285 e. The second-order valence-corrected chi connectivity index (χ2v) is 4.41. The molecule has 0 aliphatic rings. The zero-order chi connectivity index (χ0) is 13.7. The Bertz CT molecular complexity index is 592. The Morgan fingerprint density at radius 3 is 2.74 bits per heavy atom. The van der Waals surface area contributed by atoms with Gasteiger partial charge in [0.2, 0.25) is 0 Å². The van der Waals surface area contributed by atoms with Crippen molar-refractivity contribution in [2.24, 2.45) is 5.10 Å². The van der Waals surface area contributed by atoms with E-state index in [1.54, 1.807) is 20.2 Å². The molecule has 0 aliphatic heterocycles. The molecule has 0 radical (unpaired) electrons. The van der Waals surface area contributed by atoms with Crippen molar-refractivity contribution in [2.75, 3.05) is 7.11 Å². The van der Waals surface area contributed by atoms with Crippen molar-refractivity contribution < 1.29 is 9.53 Å². The van der Waals surface area contributed by atoms with Gasteiger partial charge in [0, 0.05) is 0 Å². The number of methoxy groups -OCH3 is 1. The molecular formula is C12H12N4O2S. The first-order valence-corrected chi connectivity index (χ1v) is 6.24. The maximum absolute atomic E-state index is 11.7. The number of benzene rings is 1. The van der Waals surface area contributed by atoms with Crippen molar-refractivity contribution >= 4 is 23.7 Å². The fraction of sp³-hybridized carbons (Fsp3) is 0.167. The van der Waals surface area contributed by atoms with E-state index in [4.69, 9.17) is 4.74 Å². The molecule has 0 saturated carbocycles. The Kier molecular flexibility index (Phi) is 4.19. The number of nitrogens with one attached hydrogen (secondary N) is 1. The van der Waals surface area contributed by atoms with Gasteiger partial charge in [-0.25, -0.2) is 5.43 Å². The predicted octanol–water partition coefficient (Wildman–Crippen LogP) is 1.62. The number of carbonyl (C=O) groups excluding carboxylic acids is 1. The Hall–Kier alpha value is -2.28. The van der Waals surface area contributed by atoms with Gasteiger partial charge in [0.05, 0.1) is 19.0 Å². The van der Waals surface area contributed by atoms with Crippen molar-refractivity contribution in [2.45, 2.75) is 6.92 Å². The highest BCUT2D eigenvalue weighted by atomic mass is 32.1.